The van der Waals surface area contributed by atoms with E-state index in [0.29, 0.717) is 16.5 Å². The highest BCUT2D eigenvalue weighted by Crippen LogP contribution is 2.33. The minimum Gasteiger partial charge on any atom is -0.403 e. The van der Waals surface area contributed by atoms with Crippen molar-refractivity contribution in [1.29, 1.82) is 0 Å². The van der Waals surface area contributed by atoms with E-state index in [9.17, 15) is 4.79 Å². The molecule has 1 amide bonds. The van der Waals surface area contributed by atoms with Crippen molar-refractivity contribution in [2.75, 3.05) is 12.4 Å². The predicted molar refractivity (Wildman–Crippen MR) is 146 cm³/mol. The first-order valence-corrected chi connectivity index (χ1v) is 12.9. The third kappa shape index (κ3) is 5.96. The van der Waals surface area contributed by atoms with Crippen LogP contribution < -0.4 is 16.4 Å². The summed E-state index contributed by atoms with van der Waals surface area (Å²) in [4.78, 5) is 31.1. The van der Waals surface area contributed by atoms with Crippen LogP contribution in [0.2, 0.25) is 0 Å². The highest BCUT2D eigenvalue weighted by atomic mass is 32.1. The number of fused-ring (bicyclic) bond motifs is 1. The molecule has 4 N–H and O–H groups in total. The molecule has 2 aromatic heterocycles. The van der Waals surface area contributed by atoms with E-state index in [-0.39, 0.29) is 17.4 Å². The van der Waals surface area contributed by atoms with Crippen molar-refractivity contribution in [2.24, 2.45) is 10.7 Å². The number of benzene rings is 1. The molecule has 0 spiro atoms. The monoisotopic (exact) mass is 503 g/mol. The lowest BCUT2D eigenvalue weighted by Crippen LogP contribution is -2.28. The number of amides is 1. The van der Waals surface area contributed by atoms with Gasteiger partial charge in [0.1, 0.15) is 4.88 Å². The quantitative estimate of drug-likeness (QED) is 0.321. The van der Waals surface area contributed by atoms with E-state index in [0.717, 1.165) is 41.9 Å². The Bertz CT molecular complexity index is 1290. The first kappa shape index (κ1) is 25.5. The molecule has 0 radical (unpaired) electrons. The highest BCUT2D eigenvalue weighted by molar-refractivity contribution is 7.13. The number of thiazole rings is 1. The fourth-order valence-electron chi connectivity index (χ4n) is 4.21. The van der Waals surface area contributed by atoms with E-state index in [1.165, 1.54) is 28.7 Å². The van der Waals surface area contributed by atoms with Crippen molar-refractivity contribution in [1.82, 2.24) is 20.3 Å². The van der Waals surface area contributed by atoms with Gasteiger partial charge in [-0.1, -0.05) is 39.3 Å². The molecule has 0 bridgehead atoms. The van der Waals surface area contributed by atoms with Crippen molar-refractivity contribution in [3.05, 3.63) is 69.6 Å². The summed E-state index contributed by atoms with van der Waals surface area (Å²) in [5.41, 5.74) is 10.4. The number of hydrogen-bond acceptors (Lipinski definition) is 8. The maximum Gasteiger partial charge on any atom is 0.263 e. The molecule has 1 unspecified atom stereocenters. The van der Waals surface area contributed by atoms with Gasteiger partial charge in [-0.15, -0.1) is 11.3 Å². The summed E-state index contributed by atoms with van der Waals surface area (Å²) in [6.07, 6.45) is 10.5. The van der Waals surface area contributed by atoms with Crippen LogP contribution in [0.5, 0.6) is 0 Å². The summed E-state index contributed by atoms with van der Waals surface area (Å²) in [5, 5.41) is 7.32. The van der Waals surface area contributed by atoms with Crippen LogP contribution in [-0.4, -0.2) is 34.1 Å². The predicted octanol–water partition coefficient (Wildman–Crippen LogP) is 5.01. The second-order valence-electron chi connectivity index (χ2n) is 9.86. The average Bonchev–Trinajstić information content (AvgIpc) is 3.29. The molecule has 1 aliphatic rings. The zero-order chi connectivity index (χ0) is 25.7. The van der Waals surface area contributed by atoms with Gasteiger partial charge < -0.3 is 16.4 Å². The maximum absolute atomic E-state index is 13.1. The Hall–Kier alpha value is -3.59. The summed E-state index contributed by atoms with van der Waals surface area (Å²) < 4.78 is 0. The maximum atomic E-state index is 13.1. The summed E-state index contributed by atoms with van der Waals surface area (Å²) in [6.45, 7) is 6.32. The van der Waals surface area contributed by atoms with Crippen LogP contribution >= 0.6 is 11.3 Å². The molecule has 0 saturated heterocycles. The van der Waals surface area contributed by atoms with Crippen LogP contribution in [0.15, 0.2) is 53.5 Å². The largest absolute Gasteiger partial charge is 0.403 e. The Kier molecular flexibility index (Phi) is 7.79. The SMILES string of the molecule is CN=C/C(=C\N)Nc1nccc(-c2ccc3c(c2)CCCCC3NC(=O)c2cnc(C(C)(C)C)s2)n1. The Morgan fingerprint density at radius 3 is 2.78 bits per heavy atom. The lowest BCUT2D eigenvalue weighted by Gasteiger charge is -2.20. The Morgan fingerprint density at radius 1 is 1.22 bits per heavy atom. The van der Waals surface area contributed by atoms with E-state index < -0.39 is 0 Å². The lowest BCUT2D eigenvalue weighted by atomic mass is 9.95. The number of nitrogens with zero attached hydrogens (tertiary/aromatic N) is 4. The van der Waals surface area contributed by atoms with E-state index in [1.54, 1.807) is 25.7 Å². The Labute approximate surface area is 216 Å². The standard InChI is InChI=1S/C27H33N7OS/c1-27(2,3)25-31-16-23(36-25)24(35)33-22-8-6-5-7-17-13-18(9-10-20(17)22)21-11-12-30-26(34-21)32-19(14-28)15-29-4/h9-16,22H,5-8,28H2,1-4H3,(H,33,35)(H,30,32,34)/b19-14+,29-15?. The highest BCUT2D eigenvalue weighted by Gasteiger charge is 2.24. The average molecular weight is 504 g/mol. The van der Waals surface area contributed by atoms with Crippen LogP contribution in [0.1, 0.15) is 71.9 Å². The molecule has 0 fully saturated rings. The van der Waals surface area contributed by atoms with Gasteiger partial charge in [-0.2, -0.15) is 0 Å². The van der Waals surface area contributed by atoms with Crippen LogP contribution in [0.25, 0.3) is 11.3 Å². The van der Waals surface area contributed by atoms with Gasteiger partial charge in [0.25, 0.3) is 5.91 Å². The number of nitrogens with two attached hydrogens (primary N) is 1. The third-order valence-corrected chi connectivity index (χ3v) is 7.46. The summed E-state index contributed by atoms with van der Waals surface area (Å²) in [7, 11) is 1.67. The minimum atomic E-state index is -0.0728. The van der Waals surface area contributed by atoms with Crippen molar-refractivity contribution in [2.45, 2.75) is 57.9 Å². The molecule has 1 atom stereocenters. The fourth-order valence-corrected chi connectivity index (χ4v) is 5.09. The number of nitrogens with one attached hydrogen (secondary N) is 2. The van der Waals surface area contributed by atoms with Gasteiger partial charge in [0, 0.05) is 36.6 Å². The number of aromatic nitrogens is 3. The van der Waals surface area contributed by atoms with Crippen LogP contribution in [0.3, 0.4) is 0 Å². The van der Waals surface area contributed by atoms with Crippen LogP contribution in [0, 0.1) is 0 Å². The van der Waals surface area contributed by atoms with Gasteiger partial charge in [0.05, 0.1) is 28.6 Å². The molecule has 4 rings (SSSR count). The third-order valence-electron chi connectivity index (χ3n) is 6.04. The number of carbonyl (C=O) groups excluding carboxylic acids is 1. The molecule has 3 aromatic rings. The zero-order valence-electron chi connectivity index (χ0n) is 21.2. The van der Waals surface area contributed by atoms with Crippen LogP contribution in [-0.2, 0) is 11.8 Å². The number of carbonyl (C=O) groups is 1. The molecule has 0 aliphatic heterocycles. The first-order chi connectivity index (χ1) is 17.3. The number of hydrogen-bond donors (Lipinski definition) is 3. The Balaban J connectivity index is 1.56. The van der Waals surface area contributed by atoms with Gasteiger partial charge in [0.2, 0.25) is 5.95 Å². The lowest BCUT2D eigenvalue weighted by molar-refractivity contribution is 0.0938. The molecular weight excluding hydrogens is 470 g/mol. The smallest absolute Gasteiger partial charge is 0.263 e. The second-order valence-corrected chi connectivity index (χ2v) is 10.9. The Morgan fingerprint density at radius 2 is 2.06 bits per heavy atom. The molecule has 36 heavy (non-hydrogen) atoms. The zero-order valence-corrected chi connectivity index (χ0v) is 22.0. The second kappa shape index (κ2) is 11.0. The van der Waals surface area contributed by atoms with Gasteiger partial charge in [-0.25, -0.2) is 15.0 Å². The summed E-state index contributed by atoms with van der Waals surface area (Å²) in [5.74, 6) is 0.388. The van der Waals surface area contributed by atoms with E-state index in [1.807, 2.05) is 6.07 Å². The summed E-state index contributed by atoms with van der Waals surface area (Å²) >= 11 is 1.47. The van der Waals surface area contributed by atoms with Crippen molar-refractivity contribution in [3.8, 4) is 11.3 Å². The number of allylic oxidation sites excluding steroid dienone is 1. The number of aryl methyl sites for hydroxylation is 1. The number of anilines is 1. The number of rotatable bonds is 6. The molecule has 1 aromatic carbocycles. The van der Waals surface area contributed by atoms with Gasteiger partial charge in [0.15, 0.2) is 0 Å². The van der Waals surface area contributed by atoms with Crippen molar-refractivity contribution < 1.29 is 4.79 Å². The summed E-state index contributed by atoms with van der Waals surface area (Å²) in [6, 6.07) is 8.23. The molecule has 8 nitrogen and oxygen atoms in total. The minimum absolute atomic E-state index is 0.0301. The van der Waals surface area contributed by atoms with E-state index >= 15 is 0 Å². The molecule has 9 heteroatoms. The van der Waals surface area contributed by atoms with Crippen molar-refractivity contribution in [3.63, 3.8) is 0 Å². The van der Waals surface area contributed by atoms with Crippen LogP contribution in [0.4, 0.5) is 5.95 Å². The number of aliphatic imine (C=N–C) groups is 1. The van der Waals surface area contributed by atoms with E-state index in [4.69, 9.17) is 5.73 Å². The molecule has 2 heterocycles. The van der Waals surface area contributed by atoms with Crippen molar-refractivity contribution >= 4 is 29.4 Å². The topological polar surface area (TPSA) is 118 Å². The molecular formula is C27H33N7OS. The van der Waals surface area contributed by atoms with E-state index in [2.05, 4.69) is 69.5 Å². The first-order valence-electron chi connectivity index (χ1n) is 12.1. The van der Waals surface area contributed by atoms with Gasteiger partial charge in [-0.3, -0.25) is 9.79 Å². The fraction of sp³-hybridized carbons (Fsp3) is 0.370. The normalized spacial score (nSPS) is 16.4. The molecule has 0 saturated carbocycles. The molecule has 188 valence electrons. The van der Waals surface area contributed by atoms with Gasteiger partial charge in [-0.05, 0) is 42.5 Å². The van der Waals surface area contributed by atoms with Gasteiger partial charge >= 0.3 is 0 Å². The molecule has 1 aliphatic carbocycles.